The van der Waals surface area contributed by atoms with E-state index in [0.29, 0.717) is 52.9 Å². The van der Waals surface area contributed by atoms with Crippen LogP contribution in [0.1, 0.15) is 53.6 Å². The van der Waals surface area contributed by atoms with Crippen LogP contribution in [0.25, 0.3) is 22.9 Å². The van der Waals surface area contributed by atoms with E-state index in [1.165, 1.54) is 0 Å². The Balaban J connectivity index is 1.18. The average Bonchev–Trinajstić information content (AvgIpc) is 3.90. The summed E-state index contributed by atoms with van der Waals surface area (Å²) < 4.78 is 1.62. The first-order chi connectivity index (χ1) is 20.0. The monoisotopic (exact) mass is 548 g/mol. The molecule has 3 aliphatic rings. The number of imide groups is 1. The van der Waals surface area contributed by atoms with Crippen LogP contribution in [0.5, 0.6) is 0 Å². The van der Waals surface area contributed by atoms with E-state index >= 15 is 0 Å². The second kappa shape index (κ2) is 10.2. The van der Waals surface area contributed by atoms with E-state index in [0.717, 1.165) is 42.4 Å². The van der Waals surface area contributed by atoms with Gasteiger partial charge in [-0.05, 0) is 60.6 Å². The maximum absolute atomic E-state index is 12.6. The zero-order chi connectivity index (χ0) is 27.9. The lowest BCUT2D eigenvalue weighted by atomic mass is 9.98. The molecule has 2 aliphatic carbocycles. The van der Waals surface area contributed by atoms with Crippen LogP contribution in [0.4, 0.5) is 11.9 Å². The Hall–Kier alpha value is -5.06. The topological polar surface area (TPSA) is 142 Å². The van der Waals surface area contributed by atoms with Crippen molar-refractivity contribution in [1.82, 2.24) is 30.2 Å². The molecular weight excluding hydrogens is 520 g/mol. The van der Waals surface area contributed by atoms with E-state index < -0.39 is 5.91 Å². The van der Waals surface area contributed by atoms with Crippen LogP contribution in [-0.2, 0) is 16.1 Å². The standard InChI is InChI=1S/C30H28N8O3/c39-25-14-20(28(41)35-25)13-21-16-32-38-26(21)36-29(37-30(38)34-23-10-11-23)31-15-19-4-1-2-7-24(19)17-5-3-6-18(12-17)27(40)33-22-8-9-22/h1-7,12-13,16,22-23H,8-11,14-15H2,(H,33,40)(H,35,39,41)(H2,31,34,36,37)/b20-13+. The van der Waals surface area contributed by atoms with Crippen molar-refractivity contribution in [2.75, 3.05) is 10.6 Å². The molecule has 0 spiro atoms. The molecule has 2 aromatic carbocycles. The van der Waals surface area contributed by atoms with Gasteiger partial charge in [-0.2, -0.15) is 19.6 Å². The number of benzene rings is 2. The zero-order valence-electron chi connectivity index (χ0n) is 22.2. The summed E-state index contributed by atoms with van der Waals surface area (Å²) in [5.41, 5.74) is 5.13. The molecule has 41 heavy (non-hydrogen) atoms. The number of nitrogens with zero attached hydrogens (tertiary/aromatic N) is 4. The Kier molecular flexibility index (Phi) is 6.18. The predicted molar refractivity (Wildman–Crippen MR) is 153 cm³/mol. The molecule has 0 unspecified atom stereocenters. The van der Waals surface area contributed by atoms with Crippen LogP contribution in [0.15, 0.2) is 60.3 Å². The third kappa shape index (κ3) is 5.38. The lowest BCUT2D eigenvalue weighted by Gasteiger charge is -2.13. The Labute approximate surface area is 235 Å². The number of carbonyl (C=O) groups excluding carboxylic acids is 3. The third-order valence-electron chi connectivity index (χ3n) is 7.33. The predicted octanol–water partition coefficient (Wildman–Crippen LogP) is 3.30. The fourth-order valence-corrected chi connectivity index (χ4v) is 4.84. The lowest BCUT2D eigenvalue weighted by Crippen LogP contribution is -2.25. The van der Waals surface area contributed by atoms with E-state index in [4.69, 9.17) is 9.97 Å². The van der Waals surface area contributed by atoms with Gasteiger partial charge >= 0.3 is 0 Å². The molecule has 206 valence electrons. The van der Waals surface area contributed by atoms with Gasteiger partial charge in [0.25, 0.3) is 11.8 Å². The van der Waals surface area contributed by atoms with Crippen LogP contribution in [0.2, 0.25) is 0 Å². The maximum atomic E-state index is 12.6. The van der Waals surface area contributed by atoms with Gasteiger partial charge in [0.05, 0.1) is 12.6 Å². The number of amides is 3. The van der Waals surface area contributed by atoms with Crippen molar-refractivity contribution < 1.29 is 14.4 Å². The Morgan fingerprint density at radius 1 is 1.02 bits per heavy atom. The van der Waals surface area contributed by atoms with Gasteiger partial charge in [0.1, 0.15) is 0 Å². The summed E-state index contributed by atoms with van der Waals surface area (Å²) in [7, 11) is 0. The first kappa shape index (κ1) is 24.9. The van der Waals surface area contributed by atoms with Crippen molar-refractivity contribution >= 4 is 41.3 Å². The fourth-order valence-electron chi connectivity index (χ4n) is 4.84. The number of nitrogens with one attached hydrogen (secondary N) is 4. The number of anilines is 2. The van der Waals surface area contributed by atoms with E-state index in [9.17, 15) is 14.4 Å². The highest BCUT2D eigenvalue weighted by atomic mass is 16.2. The van der Waals surface area contributed by atoms with Gasteiger partial charge in [-0.3, -0.25) is 19.7 Å². The number of hydrogen-bond acceptors (Lipinski definition) is 8. The zero-order valence-corrected chi connectivity index (χ0v) is 22.2. The summed E-state index contributed by atoms with van der Waals surface area (Å²) >= 11 is 0. The largest absolute Gasteiger partial charge is 0.351 e. The summed E-state index contributed by atoms with van der Waals surface area (Å²) in [5.74, 6) is 0.190. The SMILES string of the molecule is O=C1C/C(=C\c2cnn3c(NC4CC4)nc(NCc4ccccc4-c4cccc(C(=O)NC5CC5)c4)nc23)C(=O)N1. The Bertz CT molecular complexity index is 1730. The molecule has 4 aromatic rings. The first-order valence-corrected chi connectivity index (χ1v) is 13.8. The van der Waals surface area contributed by atoms with Crippen molar-refractivity contribution in [1.29, 1.82) is 0 Å². The summed E-state index contributed by atoms with van der Waals surface area (Å²) in [5, 5.41) is 16.6. The van der Waals surface area contributed by atoms with Crippen molar-refractivity contribution in [2.45, 2.75) is 50.7 Å². The first-order valence-electron chi connectivity index (χ1n) is 13.8. The number of carbonyl (C=O) groups is 3. The van der Waals surface area contributed by atoms with Crippen LogP contribution in [-0.4, -0.2) is 49.4 Å². The Morgan fingerprint density at radius 2 is 1.85 bits per heavy atom. The molecule has 3 heterocycles. The van der Waals surface area contributed by atoms with Crippen molar-refractivity contribution in [2.24, 2.45) is 0 Å². The van der Waals surface area contributed by atoms with Crippen LogP contribution < -0.4 is 21.3 Å². The minimum atomic E-state index is -0.399. The number of hydrogen-bond donors (Lipinski definition) is 4. The smallest absolute Gasteiger partial charge is 0.254 e. The molecule has 0 atom stereocenters. The molecule has 1 aliphatic heterocycles. The molecule has 7 rings (SSSR count). The molecule has 0 bridgehead atoms. The summed E-state index contributed by atoms with van der Waals surface area (Å²) in [6, 6.07) is 16.3. The van der Waals surface area contributed by atoms with Gasteiger partial charge in [0, 0.05) is 35.3 Å². The van der Waals surface area contributed by atoms with Crippen molar-refractivity contribution in [3.63, 3.8) is 0 Å². The Morgan fingerprint density at radius 3 is 2.63 bits per heavy atom. The second-order valence-corrected chi connectivity index (χ2v) is 10.7. The molecular formula is C30H28N8O3. The highest BCUT2D eigenvalue weighted by Gasteiger charge is 2.27. The molecule has 3 fully saturated rings. The average molecular weight is 549 g/mol. The molecule has 11 heteroatoms. The van der Waals surface area contributed by atoms with Gasteiger partial charge in [0.2, 0.25) is 17.8 Å². The third-order valence-corrected chi connectivity index (χ3v) is 7.33. The molecule has 2 aromatic heterocycles. The number of rotatable bonds is 9. The van der Waals surface area contributed by atoms with E-state index in [-0.39, 0.29) is 18.2 Å². The van der Waals surface area contributed by atoms with Crippen LogP contribution in [0, 0.1) is 0 Å². The molecule has 2 saturated carbocycles. The summed E-state index contributed by atoms with van der Waals surface area (Å²) in [6.45, 7) is 0.440. The van der Waals surface area contributed by atoms with Crippen molar-refractivity contribution in [3.8, 4) is 11.1 Å². The minimum absolute atomic E-state index is 0.0276. The molecule has 4 N–H and O–H groups in total. The highest BCUT2D eigenvalue weighted by Crippen LogP contribution is 2.28. The van der Waals surface area contributed by atoms with Crippen molar-refractivity contribution in [3.05, 3.63) is 77.0 Å². The van der Waals surface area contributed by atoms with E-state index in [1.807, 2.05) is 48.5 Å². The van der Waals surface area contributed by atoms with Gasteiger partial charge in [-0.25, -0.2) is 0 Å². The molecule has 1 saturated heterocycles. The molecule has 0 radical (unpaired) electrons. The van der Waals surface area contributed by atoms with Gasteiger partial charge in [-0.15, -0.1) is 0 Å². The minimum Gasteiger partial charge on any atom is -0.351 e. The summed E-state index contributed by atoms with van der Waals surface area (Å²) in [4.78, 5) is 45.9. The fraction of sp³-hybridized carbons (Fsp3) is 0.267. The van der Waals surface area contributed by atoms with Gasteiger partial charge in [-0.1, -0.05) is 36.4 Å². The number of fused-ring (bicyclic) bond motifs is 1. The van der Waals surface area contributed by atoms with Gasteiger partial charge in [0.15, 0.2) is 5.65 Å². The highest BCUT2D eigenvalue weighted by molar-refractivity contribution is 6.15. The van der Waals surface area contributed by atoms with Crippen LogP contribution in [0.3, 0.4) is 0 Å². The van der Waals surface area contributed by atoms with E-state index in [2.05, 4.69) is 26.4 Å². The van der Waals surface area contributed by atoms with Gasteiger partial charge < -0.3 is 16.0 Å². The molecule has 3 amide bonds. The van der Waals surface area contributed by atoms with E-state index in [1.54, 1.807) is 16.8 Å². The quantitative estimate of drug-likeness (QED) is 0.184. The number of aromatic nitrogens is 4. The normalized spacial score (nSPS) is 17.6. The summed E-state index contributed by atoms with van der Waals surface area (Å²) in [6.07, 6.45) is 7.50. The molecule has 11 nitrogen and oxygen atoms in total. The van der Waals surface area contributed by atoms with Crippen LogP contribution >= 0.6 is 0 Å². The maximum Gasteiger partial charge on any atom is 0.254 e. The second-order valence-electron chi connectivity index (χ2n) is 10.7. The lowest BCUT2D eigenvalue weighted by molar-refractivity contribution is -0.124.